The van der Waals surface area contributed by atoms with Gasteiger partial charge in [-0.2, -0.15) is 0 Å². The van der Waals surface area contributed by atoms with Gasteiger partial charge in [0.25, 0.3) is 0 Å². The average molecular weight is 704 g/mol. The van der Waals surface area contributed by atoms with Crippen molar-refractivity contribution >= 4 is 32.7 Å². The summed E-state index contributed by atoms with van der Waals surface area (Å²) in [4.78, 5) is 15.3. The van der Waals surface area contributed by atoms with Gasteiger partial charge in [-0.05, 0) is 76.6 Å². The largest absolute Gasteiger partial charge is 0.744 e. The van der Waals surface area contributed by atoms with Crippen LogP contribution >= 0.6 is 0 Å². The maximum Gasteiger partial charge on any atom is 0.338 e. The Kier molecular flexibility index (Phi) is 13.7. The number of rotatable bonds is 13. The number of hydrogen-bond acceptors (Lipinski definition) is 8. The first kappa shape index (κ1) is 38.2. The van der Waals surface area contributed by atoms with E-state index in [0.29, 0.717) is 5.56 Å². The summed E-state index contributed by atoms with van der Waals surface area (Å²) in [5, 5.41) is 2.00. The van der Waals surface area contributed by atoms with Gasteiger partial charge in [0, 0.05) is 47.4 Å². The molecule has 3 aromatic carbocycles. The van der Waals surface area contributed by atoms with E-state index in [1.807, 2.05) is 25.1 Å². The van der Waals surface area contributed by atoms with Crippen molar-refractivity contribution in [1.29, 1.82) is 0 Å². The Morgan fingerprint density at radius 1 is 0.860 bits per heavy atom. The molecule has 0 unspecified atom stereocenters. The fourth-order valence-electron chi connectivity index (χ4n) is 5.74. The van der Waals surface area contributed by atoms with Gasteiger partial charge >= 0.3 is 5.97 Å². The van der Waals surface area contributed by atoms with E-state index in [9.17, 15) is 22.2 Å². The standard InChI is InChI=1S/C32H38FN2O4.C7H8O3S/c1-5-34(6-2)23-13-15-27-29(21-23)39-30-22-24(35(7-3)8-4)14-16-28(30)31(27)25-11-9-10-12-26(25)32(36)38-20-19-37-18-17-33;1-6-2-4-7(5-3-6)11(8,9)10/h9-16,21-22H,5-8,17-20H2,1-4H3;2-5H,1H3,(H,8,9,10)/q+1;/p-1/i33-1;. The molecule has 0 saturated carbocycles. The first-order chi connectivity index (χ1) is 24.1. The lowest BCUT2D eigenvalue weighted by molar-refractivity contribution is 0.0300. The second-order valence-electron chi connectivity index (χ2n) is 11.4. The zero-order valence-corrected chi connectivity index (χ0v) is 30.1. The topological polar surface area (TPSA) is 112 Å². The lowest BCUT2D eigenvalue weighted by Gasteiger charge is -2.22. The van der Waals surface area contributed by atoms with Crippen LogP contribution in [0.4, 0.5) is 10.1 Å². The predicted octanol–water partition coefficient (Wildman–Crippen LogP) is 6.90. The number of esters is 1. The summed E-state index contributed by atoms with van der Waals surface area (Å²) in [7, 11) is -4.27. The van der Waals surface area contributed by atoms with Crippen molar-refractivity contribution in [3.8, 4) is 22.5 Å². The smallest absolute Gasteiger partial charge is 0.338 e. The number of ether oxygens (including phenoxy) is 2. The van der Waals surface area contributed by atoms with Crippen molar-refractivity contribution in [3.05, 3.63) is 101 Å². The van der Waals surface area contributed by atoms with Gasteiger partial charge in [0.15, 0.2) is 0 Å². The minimum atomic E-state index is -4.27. The number of carbonyl (C=O) groups is 1. The minimum Gasteiger partial charge on any atom is -0.744 e. The second-order valence-corrected chi connectivity index (χ2v) is 12.8. The molecule has 1 aliphatic heterocycles. The Labute approximate surface area is 293 Å². The number of hydrogen-bond donors (Lipinski definition) is 0. The number of halogens is 1. The number of alkyl halides is 1. The van der Waals surface area contributed by atoms with Crippen LogP contribution in [0, 0.1) is 6.92 Å². The Bertz CT molecular complexity index is 2030. The molecule has 1 aliphatic carbocycles. The summed E-state index contributed by atoms with van der Waals surface area (Å²) in [6, 6.07) is 25.8. The molecule has 0 saturated heterocycles. The molecule has 0 bridgehead atoms. The maximum absolute atomic E-state index is 13.2. The average Bonchev–Trinajstić information content (AvgIpc) is 3.11. The fraction of sp³-hybridized carbons (Fsp3) is 0.333. The van der Waals surface area contributed by atoms with Crippen molar-refractivity contribution < 1.29 is 36.0 Å². The molecule has 1 heterocycles. The minimum absolute atomic E-state index is 0.00934. The molecule has 2 aliphatic rings. The van der Waals surface area contributed by atoms with Gasteiger partial charge < -0.3 is 23.3 Å². The summed E-state index contributed by atoms with van der Waals surface area (Å²) in [5.41, 5.74) is 5.83. The van der Waals surface area contributed by atoms with E-state index < -0.39 is 22.8 Å². The van der Waals surface area contributed by atoms with Crippen LogP contribution in [-0.2, 0) is 19.6 Å². The summed E-state index contributed by atoms with van der Waals surface area (Å²) < 4.78 is 62.9. The van der Waals surface area contributed by atoms with Crippen LogP contribution in [0.5, 0.6) is 0 Å². The van der Waals surface area contributed by atoms with Gasteiger partial charge in [-0.25, -0.2) is 22.2 Å². The van der Waals surface area contributed by atoms with E-state index in [-0.39, 0.29) is 24.7 Å². The van der Waals surface area contributed by atoms with Crippen LogP contribution in [0.15, 0.2) is 94.2 Å². The molecular weight excluding hydrogens is 659 g/mol. The van der Waals surface area contributed by atoms with E-state index >= 15 is 0 Å². The van der Waals surface area contributed by atoms with Gasteiger partial charge in [-0.15, -0.1) is 0 Å². The quantitative estimate of drug-likeness (QED) is 0.0428. The number of aryl methyl sites for hydroxylation is 1. The first-order valence-electron chi connectivity index (χ1n) is 16.8. The van der Waals surface area contributed by atoms with Crippen molar-refractivity contribution in [2.24, 2.45) is 0 Å². The van der Waals surface area contributed by atoms with Gasteiger partial charge in [0.1, 0.15) is 47.8 Å². The summed E-state index contributed by atoms with van der Waals surface area (Å²) in [6.45, 7) is 13.5. The molecule has 0 atom stereocenters. The molecule has 9 nitrogen and oxygen atoms in total. The summed E-state index contributed by atoms with van der Waals surface area (Å²) in [5.74, 6) is 0.303. The first-order valence-corrected chi connectivity index (χ1v) is 18.2. The SMILES string of the molecule is CCN(CC)c1ccc2c(-c3ccccc3C(=O)OCCOCC[18F])c3ccc(=[N+](CC)CC)cc-3oc2c1.Cc1ccc(S(=O)(=O)[O-])cc1. The van der Waals surface area contributed by atoms with Crippen LogP contribution < -0.4 is 14.8 Å². The lowest BCUT2D eigenvalue weighted by Crippen LogP contribution is -2.29. The van der Waals surface area contributed by atoms with Crippen molar-refractivity contribution in [2.75, 3.05) is 57.6 Å². The van der Waals surface area contributed by atoms with E-state index in [4.69, 9.17) is 13.9 Å². The highest BCUT2D eigenvalue weighted by Crippen LogP contribution is 2.42. The fourth-order valence-corrected chi connectivity index (χ4v) is 6.21. The molecule has 5 rings (SSSR count). The molecule has 0 spiro atoms. The van der Waals surface area contributed by atoms with Crippen molar-refractivity contribution in [2.45, 2.75) is 39.5 Å². The third kappa shape index (κ3) is 9.35. The molecule has 266 valence electrons. The number of fused-ring (bicyclic) bond motifs is 2. The number of nitrogens with zero attached hydrogens (tertiary/aromatic N) is 2. The van der Waals surface area contributed by atoms with E-state index in [0.717, 1.165) is 76.2 Å². The molecule has 11 heteroatoms. The molecule has 0 radical (unpaired) electrons. The van der Waals surface area contributed by atoms with Crippen LogP contribution in [0.2, 0.25) is 0 Å². The highest BCUT2D eigenvalue weighted by molar-refractivity contribution is 7.85. The Hall–Kier alpha value is -4.58. The molecule has 0 aromatic heterocycles. The van der Waals surface area contributed by atoms with E-state index in [2.05, 4.69) is 73.6 Å². The predicted molar refractivity (Wildman–Crippen MR) is 194 cm³/mol. The van der Waals surface area contributed by atoms with Gasteiger partial charge in [-0.1, -0.05) is 35.9 Å². The number of anilines is 1. The number of carbonyl (C=O) groups excluding carboxylic acids is 1. The van der Waals surface area contributed by atoms with Gasteiger partial charge in [-0.3, -0.25) is 0 Å². The highest BCUT2D eigenvalue weighted by Gasteiger charge is 2.23. The van der Waals surface area contributed by atoms with Crippen LogP contribution in [0.25, 0.3) is 33.4 Å². The molecule has 50 heavy (non-hydrogen) atoms. The molecule has 0 fully saturated rings. The lowest BCUT2D eigenvalue weighted by atomic mass is 9.90. The molecule has 3 aromatic rings. The monoisotopic (exact) mass is 703 g/mol. The third-order valence-electron chi connectivity index (χ3n) is 8.35. The Morgan fingerprint density at radius 2 is 1.56 bits per heavy atom. The summed E-state index contributed by atoms with van der Waals surface area (Å²) >= 11 is 0. The Balaban J connectivity index is 0.000000435. The van der Waals surface area contributed by atoms with Gasteiger partial charge in [0.05, 0.1) is 29.7 Å². The molecular formula is C39H45FN2O7S. The molecule has 0 N–H and O–H groups in total. The number of benzene rings is 4. The van der Waals surface area contributed by atoms with Crippen molar-refractivity contribution in [3.63, 3.8) is 0 Å². The van der Waals surface area contributed by atoms with E-state index in [1.165, 1.54) is 12.1 Å². The van der Waals surface area contributed by atoms with Crippen LogP contribution in [-0.4, -0.2) is 71.6 Å². The molecule has 0 amide bonds. The van der Waals surface area contributed by atoms with Crippen molar-refractivity contribution in [1.82, 2.24) is 4.58 Å². The highest BCUT2D eigenvalue weighted by atomic mass is 32.2. The van der Waals surface area contributed by atoms with Crippen LogP contribution in [0.3, 0.4) is 0 Å². The maximum atomic E-state index is 13.2. The normalized spacial score (nSPS) is 11.3. The van der Waals surface area contributed by atoms with Crippen LogP contribution in [0.1, 0.15) is 43.6 Å². The Morgan fingerprint density at radius 3 is 2.20 bits per heavy atom. The van der Waals surface area contributed by atoms with Gasteiger partial charge in [0.2, 0.25) is 5.36 Å². The van der Waals surface area contributed by atoms with E-state index in [1.54, 1.807) is 18.2 Å². The second kappa shape index (κ2) is 17.9. The summed E-state index contributed by atoms with van der Waals surface area (Å²) in [6.07, 6.45) is 0. The zero-order chi connectivity index (χ0) is 36.3. The third-order valence-corrected chi connectivity index (χ3v) is 9.20. The zero-order valence-electron chi connectivity index (χ0n) is 29.3.